The maximum Gasteiger partial charge on any atom is 0.218 e. The van der Waals surface area contributed by atoms with Crippen LogP contribution in [-0.4, -0.2) is 38.9 Å². The molecular weight excluding hydrogens is 276 g/mol. The Labute approximate surface area is 120 Å². The van der Waals surface area contributed by atoms with E-state index in [0.29, 0.717) is 6.54 Å². The second-order valence-electron chi connectivity index (χ2n) is 5.52. The Balaban J connectivity index is 2.22. The Kier molecular flexibility index (Phi) is 4.80. The fourth-order valence-corrected chi connectivity index (χ4v) is 4.01. The first-order chi connectivity index (χ1) is 9.42. The summed E-state index contributed by atoms with van der Waals surface area (Å²) in [4.78, 5) is 5.44. The highest BCUT2D eigenvalue weighted by Crippen LogP contribution is 2.32. The fourth-order valence-electron chi connectivity index (χ4n) is 2.32. The third-order valence-corrected chi connectivity index (χ3v) is 5.18. The van der Waals surface area contributed by atoms with E-state index in [2.05, 4.69) is 4.72 Å². The highest BCUT2D eigenvalue weighted by atomic mass is 32.2. The van der Waals surface area contributed by atoms with Gasteiger partial charge in [-0.15, -0.1) is 0 Å². The second kappa shape index (κ2) is 6.22. The van der Waals surface area contributed by atoms with E-state index in [9.17, 15) is 8.42 Å². The summed E-state index contributed by atoms with van der Waals surface area (Å²) >= 11 is 0. The van der Waals surface area contributed by atoms with Gasteiger partial charge in [-0.2, -0.15) is 5.06 Å². The lowest BCUT2D eigenvalue weighted by atomic mass is 10.0. The van der Waals surface area contributed by atoms with Gasteiger partial charge in [0.05, 0.1) is 12.6 Å². The summed E-state index contributed by atoms with van der Waals surface area (Å²) in [5.41, 5.74) is 0.951. The van der Waals surface area contributed by atoms with Crippen LogP contribution in [0.25, 0.3) is 0 Å². The van der Waals surface area contributed by atoms with Crippen molar-refractivity contribution < 1.29 is 13.3 Å². The Hall–Kier alpha value is -0.950. The number of nitrogens with zero attached hydrogens (tertiary/aromatic N) is 1. The first kappa shape index (κ1) is 15.4. The first-order valence-corrected chi connectivity index (χ1v) is 8.35. The molecule has 1 N–H and O–H groups in total. The molecule has 112 valence electrons. The van der Waals surface area contributed by atoms with Crippen molar-refractivity contribution >= 4 is 10.0 Å². The van der Waals surface area contributed by atoms with Crippen LogP contribution in [0.1, 0.15) is 25.5 Å². The summed E-state index contributed by atoms with van der Waals surface area (Å²) in [6.07, 6.45) is 0. The highest BCUT2D eigenvalue weighted by molar-refractivity contribution is 7.90. The molecule has 1 aromatic rings. The van der Waals surface area contributed by atoms with Gasteiger partial charge in [0.25, 0.3) is 0 Å². The van der Waals surface area contributed by atoms with Gasteiger partial charge in [0, 0.05) is 13.6 Å². The van der Waals surface area contributed by atoms with E-state index in [4.69, 9.17) is 4.84 Å². The van der Waals surface area contributed by atoms with Crippen molar-refractivity contribution in [2.45, 2.75) is 25.1 Å². The largest absolute Gasteiger partial charge is 0.297 e. The highest BCUT2D eigenvalue weighted by Gasteiger charge is 2.42. The monoisotopic (exact) mass is 298 g/mol. The molecule has 1 aliphatic rings. The van der Waals surface area contributed by atoms with Crippen molar-refractivity contribution in [2.75, 3.05) is 20.2 Å². The normalized spacial score (nSPS) is 24.4. The minimum absolute atomic E-state index is 0.184. The predicted octanol–water partition coefficient (Wildman–Crippen LogP) is 1.55. The number of benzene rings is 1. The Morgan fingerprint density at radius 2 is 2.00 bits per heavy atom. The minimum atomic E-state index is -3.40. The van der Waals surface area contributed by atoms with E-state index in [0.717, 1.165) is 5.56 Å². The molecule has 0 aromatic heterocycles. The molecule has 0 amide bonds. The van der Waals surface area contributed by atoms with Crippen molar-refractivity contribution in [1.29, 1.82) is 0 Å². The molecule has 1 fully saturated rings. The molecule has 2 rings (SSSR count). The molecule has 2 atom stereocenters. The molecule has 5 nitrogen and oxygen atoms in total. The van der Waals surface area contributed by atoms with Gasteiger partial charge in [0.1, 0.15) is 5.25 Å². The van der Waals surface area contributed by atoms with Crippen LogP contribution in [-0.2, 0) is 14.9 Å². The van der Waals surface area contributed by atoms with Gasteiger partial charge in [0.2, 0.25) is 10.0 Å². The summed E-state index contributed by atoms with van der Waals surface area (Å²) in [5, 5.41) is 1.04. The minimum Gasteiger partial charge on any atom is -0.297 e. The molecule has 0 aliphatic carbocycles. The smallest absolute Gasteiger partial charge is 0.218 e. The van der Waals surface area contributed by atoms with Crippen molar-refractivity contribution in [3.05, 3.63) is 35.9 Å². The van der Waals surface area contributed by atoms with Gasteiger partial charge in [-0.05, 0) is 11.5 Å². The van der Waals surface area contributed by atoms with E-state index in [1.54, 1.807) is 12.1 Å². The van der Waals surface area contributed by atoms with Crippen LogP contribution in [0.2, 0.25) is 0 Å². The number of rotatable bonds is 5. The zero-order valence-electron chi connectivity index (χ0n) is 12.1. The van der Waals surface area contributed by atoms with Crippen LogP contribution in [0.15, 0.2) is 30.3 Å². The van der Waals surface area contributed by atoms with E-state index >= 15 is 0 Å². The molecule has 1 aromatic carbocycles. The van der Waals surface area contributed by atoms with E-state index < -0.39 is 15.3 Å². The first-order valence-electron chi connectivity index (χ1n) is 6.81. The summed E-state index contributed by atoms with van der Waals surface area (Å²) in [6.45, 7) is 4.59. The second-order valence-corrected chi connectivity index (χ2v) is 7.51. The maximum absolute atomic E-state index is 12.4. The number of hydrogen-bond acceptors (Lipinski definition) is 4. The molecule has 20 heavy (non-hydrogen) atoms. The molecule has 0 saturated carbocycles. The zero-order chi connectivity index (χ0) is 14.8. The summed E-state index contributed by atoms with van der Waals surface area (Å²) in [5.74, 6) is 0.278. The Morgan fingerprint density at radius 1 is 1.35 bits per heavy atom. The quantitative estimate of drug-likeness (QED) is 0.896. The lowest BCUT2D eigenvalue weighted by Gasteiger charge is -2.23. The van der Waals surface area contributed by atoms with Crippen LogP contribution >= 0.6 is 0 Å². The molecule has 1 heterocycles. The average Bonchev–Trinajstić information content (AvgIpc) is 2.80. The van der Waals surface area contributed by atoms with Gasteiger partial charge >= 0.3 is 0 Å². The number of hydrogen-bond donors (Lipinski definition) is 1. The van der Waals surface area contributed by atoms with Gasteiger partial charge in [-0.3, -0.25) is 4.84 Å². The van der Waals surface area contributed by atoms with Crippen LogP contribution in [0.3, 0.4) is 0 Å². The lowest BCUT2D eigenvalue weighted by Crippen LogP contribution is -2.40. The van der Waals surface area contributed by atoms with E-state index in [1.807, 2.05) is 44.2 Å². The maximum atomic E-state index is 12.4. The van der Waals surface area contributed by atoms with Crippen LogP contribution in [0.5, 0.6) is 0 Å². The molecule has 0 spiro atoms. The van der Waals surface area contributed by atoms with Gasteiger partial charge in [-0.25, -0.2) is 13.1 Å². The zero-order valence-corrected chi connectivity index (χ0v) is 12.9. The van der Waals surface area contributed by atoms with Crippen molar-refractivity contribution in [1.82, 2.24) is 9.79 Å². The molecule has 2 unspecified atom stereocenters. The average molecular weight is 298 g/mol. The predicted molar refractivity (Wildman–Crippen MR) is 78.4 cm³/mol. The molecule has 6 heteroatoms. The van der Waals surface area contributed by atoms with Gasteiger partial charge in [-0.1, -0.05) is 44.2 Å². The van der Waals surface area contributed by atoms with Crippen molar-refractivity contribution in [2.24, 2.45) is 5.92 Å². The SMILES string of the molecule is CC(C)CNS(=O)(=O)C1CON(C)C1c1ccccc1. The Morgan fingerprint density at radius 3 is 2.60 bits per heavy atom. The van der Waals surface area contributed by atoms with Crippen LogP contribution in [0, 0.1) is 5.92 Å². The third kappa shape index (κ3) is 3.38. The van der Waals surface area contributed by atoms with Crippen molar-refractivity contribution in [3.8, 4) is 0 Å². The van der Waals surface area contributed by atoms with E-state index in [1.165, 1.54) is 0 Å². The number of hydroxylamine groups is 2. The standard InChI is InChI=1S/C14H22N2O3S/c1-11(2)9-15-20(17,18)13-10-19-16(3)14(13)12-7-5-4-6-8-12/h4-8,11,13-15H,9-10H2,1-3H3. The number of sulfonamides is 1. The topological polar surface area (TPSA) is 58.6 Å². The van der Waals surface area contributed by atoms with Gasteiger partial charge < -0.3 is 0 Å². The molecular formula is C14H22N2O3S. The lowest BCUT2D eigenvalue weighted by molar-refractivity contribution is -0.110. The Bertz CT molecular complexity index is 531. The molecule has 1 saturated heterocycles. The van der Waals surface area contributed by atoms with Crippen molar-refractivity contribution in [3.63, 3.8) is 0 Å². The summed E-state index contributed by atoms with van der Waals surface area (Å²) in [6, 6.07) is 9.32. The summed E-state index contributed by atoms with van der Waals surface area (Å²) < 4.78 is 27.6. The van der Waals surface area contributed by atoms with Crippen LogP contribution in [0.4, 0.5) is 0 Å². The third-order valence-electron chi connectivity index (χ3n) is 3.42. The molecule has 1 aliphatic heterocycles. The van der Waals surface area contributed by atoms with Gasteiger partial charge in [0.15, 0.2) is 0 Å². The fraction of sp³-hybridized carbons (Fsp3) is 0.571. The van der Waals surface area contributed by atoms with Crippen LogP contribution < -0.4 is 4.72 Å². The number of nitrogens with one attached hydrogen (secondary N) is 1. The molecule has 0 radical (unpaired) electrons. The molecule has 0 bridgehead atoms. The van der Waals surface area contributed by atoms with E-state index in [-0.39, 0.29) is 18.6 Å². The summed E-state index contributed by atoms with van der Waals surface area (Å²) in [7, 11) is -1.63.